The molecule has 0 saturated carbocycles. The van der Waals surface area contributed by atoms with Crippen molar-refractivity contribution in [2.45, 2.75) is 4.90 Å². The lowest BCUT2D eigenvalue weighted by Gasteiger charge is -2.04. The molecule has 6 nitrogen and oxygen atoms in total. The Morgan fingerprint density at radius 1 is 1.16 bits per heavy atom. The Hall–Kier alpha value is -2.28. The second-order valence-corrected chi connectivity index (χ2v) is 4.70. The van der Waals surface area contributed by atoms with E-state index >= 15 is 0 Å². The summed E-state index contributed by atoms with van der Waals surface area (Å²) in [5.74, 6) is -0.0127. The first-order chi connectivity index (χ1) is 9.13. The summed E-state index contributed by atoms with van der Waals surface area (Å²) in [7, 11) is 0. The molecule has 0 fully saturated rings. The molecule has 3 N–H and O–H groups in total. The van der Waals surface area contributed by atoms with Gasteiger partial charge in [0.2, 0.25) is 5.91 Å². The van der Waals surface area contributed by atoms with E-state index in [4.69, 9.17) is 0 Å². The number of rotatable bonds is 4. The van der Waals surface area contributed by atoms with E-state index in [-0.39, 0.29) is 17.5 Å². The van der Waals surface area contributed by atoms with Crippen molar-refractivity contribution in [3.63, 3.8) is 0 Å². The summed E-state index contributed by atoms with van der Waals surface area (Å²) >= 11 is 1.37. The highest BCUT2D eigenvalue weighted by atomic mass is 32.2. The van der Waals surface area contributed by atoms with Gasteiger partial charge in [-0.15, -0.1) is 11.8 Å². The number of aromatic amines is 2. The SMILES string of the molecule is O=C(CSc1ccccc1)Nc1cc(=O)[nH]c(=O)[nH]1. The van der Waals surface area contributed by atoms with Crippen molar-refractivity contribution in [3.8, 4) is 0 Å². The molecule has 0 saturated heterocycles. The maximum atomic E-state index is 11.6. The van der Waals surface area contributed by atoms with Crippen molar-refractivity contribution in [1.29, 1.82) is 0 Å². The van der Waals surface area contributed by atoms with Crippen LogP contribution in [0.1, 0.15) is 0 Å². The van der Waals surface area contributed by atoms with Crippen molar-refractivity contribution in [2.24, 2.45) is 0 Å². The van der Waals surface area contributed by atoms with Crippen molar-refractivity contribution in [2.75, 3.05) is 11.1 Å². The molecule has 0 aliphatic heterocycles. The van der Waals surface area contributed by atoms with Crippen LogP contribution in [-0.4, -0.2) is 21.6 Å². The number of benzene rings is 1. The zero-order chi connectivity index (χ0) is 13.7. The second-order valence-electron chi connectivity index (χ2n) is 3.65. The van der Waals surface area contributed by atoms with Crippen LogP contribution in [0, 0.1) is 0 Å². The average Bonchev–Trinajstić information content (AvgIpc) is 2.36. The maximum Gasteiger partial charge on any atom is 0.327 e. The molecule has 2 aromatic rings. The van der Waals surface area contributed by atoms with Crippen molar-refractivity contribution in [3.05, 3.63) is 57.2 Å². The molecular formula is C12H11N3O3S. The summed E-state index contributed by atoms with van der Waals surface area (Å²) in [4.78, 5) is 39.0. The number of nitrogens with one attached hydrogen (secondary N) is 3. The van der Waals surface area contributed by atoms with Gasteiger partial charge in [-0.1, -0.05) is 18.2 Å². The minimum absolute atomic E-state index is 0.0902. The minimum atomic E-state index is -0.654. The number of amides is 1. The molecule has 0 bridgehead atoms. The van der Waals surface area contributed by atoms with E-state index in [1.807, 2.05) is 35.3 Å². The average molecular weight is 277 g/mol. The van der Waals surface area contributed by atoms with Gasteiger partial charge < -0.3 is 5.32 Å². The third-order valence-electron chi connectivity index (χ3n) is 2.15. The number of hydrogen-bond acceptors (Lipinski definition) is 4. The lowest BCUT2D eigenvalue weighted by molar-refractivity contribution is -0.113. The third kappa shape index (κ3) is 4.14. The highest BCUT2D eigenvalue weighted by molar-refractivity contribution is 8.00. The zero-order valence-corrected chi connectivity index (χ0v) is 10.6. The molecule has 0 aliphatic carbocycles. The first-order valence-corrected chi connectivity index (χ1v) is 6.43. The Labute approximate surface area is 112 Å². The molecule has 1 aromatic heterocycles. The van der Waals surface area contributed by atoms with Crippen molar-refractivity contribution < 1.29 is 4.79 Å². The summed E-state index contributed by atoms with van der Waals surface area (Å²) in [6.07, 6.45) is 0. The van der Waals surface area contributed by atoms with E-state index in [1.165, 1.54) is 11.8 Å². The highest BCUT2D eigenvalue weighted by Crippen LogP contribution is 2.16. The Balaban J connectivity index is 1.94. The van der Waals surface area contributed by atoms with E-state index in [0.717, 1.165) is 11.0 Å². The largest absolute Gasteiger partial charge is 0.327 e. The molecule has 19 heavy (non-hydrogen) atoms. The van der Waals surface area contributed by atoms with Crippen LogP contribution >= 0.6 is 11.8 Å². The predicted octanol–water partition coefficient (Wildman–Crippen LogP) is 0.794. The third-order valence-corrected chi connectivity index (χ3v) is 3.16. The van der Waals surface area contributed by atoms with Gasteiger partial charge in [0, 0.05) is 11.0 Å². The molecular weight excluding hydrogens is 266 g/mol. The van der Waals surface area contributed by atoms with Crippen molar-refractivity contribution in [1.82, 2.24) is 9.97 Å². The van der Waals surface area contributed by atoms with Crippen LogP contribution < -0.4 is 16.6 Å². The number of hydrogen-bond donors (Lipinski definition) is 3. The van der Waals surface area contributed by atoms with Crippen LogP contribution in [0.5, 0.6) is 0 Å². The fraction of sp³-hybridized carbons (Fsp3) is 0.0833. The van der Waals surface area contributed by atoms with E-state index in [9.17, 15) is 14.4 Å². The Morgan fingerprint density at radius 2 is 1.89 bits per heavy atom. The zero-order valence-electron chi connectivity index (χ0n) is 9.80. The fourth-order valence-electron chi connectivity index (χ4n) is 1.39. The van der Waals surface area contributed by atoms with Gasteiger partial charge in [-0.3, -0.25) is 19.6 Å². The normalized spacial score (nSPS) is 10.1. The maximum absolute atomic E-state index is 11.6. The van der Waals surface area contributed by atoms with Gasteiger partial charge >= 0.3 is 5.69 Å². The van der Waals surface area contributed by atoms with Gasteiger partial charge in [0.15, 0.2) is 0 Å². The Morgan fingerprint density at radius 3 is 2.58 bits per heavy atom. The first-order valence-electron chi connectivity index (χ1n) is 5.45. The van der Waals surface area contributed by atoms with Crippen LogP contribution in [0.2, 0.25) is 0 Å². The Kier molecular flexibility index (Phi) is 4.19. The quantitative estimate of drug-likeness (QED) is 0.720. The van der Waals surface area contributed by atoms with E-state index < -0.39 is 11.2 Å². The molecule has 2 rings (SSSR count). The molecule has 7 heteroatoms. The van der Waals surface area contributed by atoms with Gasteiger partial charge in [0.05, 0.1) is 5.75 Å². The molecule has 0 unspecified atom stereocenters. The Bertz CT molecular complexity index is 650. The number of aromatic nitrogens is 2. The van der Waals surface area contributed by atoms with Gasteiger partial charge in [-0.2, -0.15) is 0 Å². The van der Waals surface area contributed by atoms with Crippen LogP contribution in [0.3, 0.4) is 0 Å². The summed E-state index contributed by atoms with van der Waals surface area (Å²) in [6, 6.07) is 10.6. The molecule has 0 aliphatic rings. The van der Waals surface area contributed by atoms with Crippen LogP contribution in [0.25, 0.3) is 0 Å². The van der Waals surface area contributed by atoms with E-state index in [1.54, 1.807) is 0 Å². The van der Waals surface area contributed by atoms with E-state index in [0.29, 0.717) is 0 Å². The number of carbonyl (C=O) groups is 1. The van der Waals surface area contributed by atoms with Gasteiger partial charge in [-0.05, 0) is 12.1 Å². The molecule has 98 valence electrons. The summed E-state index contributed by atoms with van der Waals surface area (Å²) < 4.78 is 0. The number of carbonyl (C=O) groups excluding carboxylic acids is 1. The predicted molar refractivity (Wildman–Crippen MR) is 73.5 cm³/mol. The smallest absolute Gasteiger partial charge is 0.311 e. The second kappa shape index (κ2) is 6.05. The lowest BCUT2D eigenvalue weighted by Crippen LogP contribution is -2.25. The number of anilines is 1. The van der Waals surface area contributed by atoms with Crippen LogP contribution in [0.4, 0.5) is 5.82 Å². The summed E-state index contributed by atoms with van der Waals surface area (Å²) in [6.45, 7) is 0. The van der Waals surface area contributed by atoms with Gasteiger partial charge in [-0.25, -0.2) is 4.79 Å². The molecule has 1 heterocycles. The van der Waals surface area contributed by atoms with Gasteiger partial charge in [0.25, 0.3) is 5.56 Å². The van der Waals surface area contributed by atoms with Gasteiger partial charge in [0.1, 0.15) is 5.82 Å². The molecule has 0 atom stereocenters. The lowest BCUT2D eigenvalue weighted by atomic mass is 10.4. The number of H-pyrrole nitrogens is 2. The summed E-state index contributed by atoms with van der Waals surface area (Å²) in [5.41, 5.74) is -1.21. The first kappa shape index (κ1) is 13.2. The van der Waals surface area contributed by atoms with E-state index in [2.05, 4.69) is 10.3 Å². The molecule has 0 spiro atoms. The van der Waals surface area contributed by atoms with Crippen LogP contribution in [-0.2, 0) is 4.79 Å². The van der Waals surface area contributed by atoms with Crippen LogP contribution in [0.15, 0.2) is 50.9 Å². The fourth-order valence-corrected chi connectivity index (χ4v) is 2.11. The monoisotopic (exact) mass is 277 g/mol. The molecule has 0 radical (unpaired) electrons. The molecule has 1 amide bonds. The topological polar surface area (TPSA) is 94.8 Å². The minimum Gasteiger partial charge on any atom is -0.311 e. The molecule has 1 aromatic carbocycles. The standard InChI is InChI=1S/C12H11N3O3S/c16-10-6-9(14-12(18)15-10)13-11(17)7-19-8-4-2-1-3-5-8/h1-6H,7H2,(H3,13,14,15,16,17,18). The summed E-state index contributed by atoms with van der Waals surface area (Å²) in [5, 5.41) is 2.46. The van der Waals surface area contributed by atoms with Crippen molar-refractivity contribution >= 4 is 23.5 Å². The number of thioether (sulfide) groups is 1. The highest BCUT2D eigenvalue weighted by Gasteiger charge is 2.04.